The lowest BCUT2D eigenvalue weighted by Crippen LogP contribution is -2.43. The number of amides is 1. The molecule has 2 N–H and O–H groups in total. The van der Waals surface area contributed by atoms with Crippen molar-refractivity contribution >= 4 is 18.3 Å². The van der Waals surface area contributed by atoms with Gasteiger partial charge in [0.15, 0.2) is 0 Å². The number of nitrogens with one attached hydrogen (secondary N) is 2. The zero-order chi connectivity index (χ0) is 14.3. The van der Waals surface area contributed by atoms with Crippen molar-refractivity contribution in [2.24, 2.45) is 0 Å². The highest BCUT2D eigenvalue weighted by atomic mass is 35.5. The van der Waals surface area contributed by atoms with Crippen LogP contribution in [0.5, 0.6) is 0 Å². The summed E-state index contributed by atoms with van der Waals surface area (Å²) in [5.41, 5.74) is 2.47. The fourth-order valence-electron chi connectivity index (χ4n) is 1.92. The van der Waals surface area contributed by atoms with Crippen LogP contribution in [0.3, 0.4) is 0 Å². The first kappa shape index (κ1) is 18.9. The summed E-state index contributed by atoms with van der Waals surface area (Å²) < 4.78 is 0. The molecule has 0 saturated carbocycles. The number of halogens is 1. The van der Waals surface area contributed by atoms with Crippen molar-refractivity contribution in [2.45, 2.75) is 52.6 Å². The Morgan fingerprint density at radius 2 is 1.75 bits per heavy atom. The van der Waals surface area contributed by atoms with Crippen molar-refractivity contribution in [2.75, 3.05) is 6.54 Å². The highest BCUT2D eigenvalue weighted by Gasteiger charge is 2.15. The van der Waals surface area contributed by atoms with Gasteiger partial charge < -0.3 is 10.6 Å². The molecule has 0 saturated heterocycles. The molecular weight excluding hydrogens is 272 g/mol. The summed E-state index contributed by atoms with van der Waals surface area (Å²) in [6.45, 7) is 9.02. The molecule has 0 heterocycles. The van der Waals surface area contributed by atoms with Crippen LogP contribution in [-0.2, 0) is 11.2 Å². The van der Waals surface area contributed by atoms with E-state index < -0.39 is 0 Å². The smallest absolute Gasteiger partial charge is 0.237 e. The molecule has 0 aromatic heterocycles. The van der Waals surface area contributed by atoms with Gasteiger partial charge in [-0.15, -0.1) is 12.4 Å². The van der Waals surface area contributed by atoms with Gasteiger partial charge in [0.1, 0.15) is 0 Å². The normalized spacial score (nSPS) is 13.2. The van der Waals surface area contributed by atoms with E-state index in [1.165, 1.54) is 5.56 Å². The van der Waals surface area contributed by atoms with Crippen molar-refractivity contribution in [3.8, 4) is 0 Å². The van der Waals surface area contributed by atoms with E-state index in [4.69, 9.17) is 0 Å². The molecule has 0 radical (unpaired) electrons. The van der Waals surface area contributed by atoms with Gasteiger partial charge in [-0.1, -0.05) is 38.1 Å². The van der Waals surface area contributed by atoms with E-state index in [-0.39, 0.29) is 30.4 Å². The molecule has 1 aromatic rings. The quantitative estimate of drug-likeness (QED) is 0.811. The Balaban J connectivity index is 0.00000361. The van der Waals surface area contributed by atoms with E-state index >= 15 is 0 Å². The van der Waals surface area contributed by atoms with E-state index in [1.807, 2.05) is 13.8 Å². The minimum atomic E-state index is -0.141. The molecular formula is C16H27ClN2O. The molecule has 20 heavy (non-hydrogen) atoms. The van der Waals surface area contributed by atoms with Crippen LogP contribution in [0.4, 0.5) is 0 Å². The highest BCUT2D eigenvalue weighted by molar-refractivity contribution is 5.85. The average molecular weight is 299 g/mol. The third-order valence-electron chi connectivity index (χ3n) is 3.34. The van der Waals surface area contributed by atoms with Crippen LogP contribution in [0.2, 0.25) is 0 Å². The summed E-state index contributed by atoms with van der Waals surface area (Å²) >= 11 is 0. The summed E-state index contributed by atoms with van der Waals surface area (Å²) in [5, 5.41) is 6.24. The fraction of sp³-hybridized carbons (Fsp3) is 0.562. The van der Waals surface area contributed by atoms with E-state index in [0.717, 1.165) is 24.9 Å². The molecule has 3 nitrogen and oxygen atoms in total. The summed E-state index contributed by atoms with van der Waals surface area (Å²) in [7, 11) is 0. The minimum Gasteiger partial charge on any atom is -0.348 e. The molecule has 0 aliphatic carbocycles. The molecule has 2 unspecified atom stereocenters. The summed E-state index contributed by atoms with van der Waals surface area (Å²) in [6, 6.07) is 8.33. The number of hydrogen-bond donors (Lipinski definition) is 2. The number of rotatable bonds is 7. The predicted octanol–water partition coefficient (Wildman–Crippen LogP) is 3.24. The van der Waals surface area contributed by atoms with E-state index in [0.29, 0.717) is 0 Å². The van der Waals surface area contributed by atoms with Crippen LogP contribution in [0.15, 0.2) is 24.3 Å². The van der Waals surface area contributed by atoms with Gasteiger partial charge in [0.2, 0.25) is 5.91 Å². The molecule has 114 valence electrons. The number of carbonyl (C=O) groups excluding carboxylic acids is 1. The van der Waals surface area contributed by atoms with Crippen molar-refractivity contribution in [1.29, 1.82) is 0 Å². The molecule has 1 amide bonds. The standard InChI is InChI=1S/C16H26N2O.ClH/c1-5-11-17-13(4)16(19)18-12(3)15-9-7-14(6-2)8-10-15;/h7-10,12-13,17H,5-6,11H2,1-4H3,(H,18,19);1H. The molecule has 0 bridgehead atoms. The topological polar surface area (TPSA) is 41.1 Å². The lowest BCUT2D eigenvalue weighted by molar-refractivity contribution is -0.123. The molecule has 0 fully saturated rings. The summed E-state index contributed by atoms with van der Waals surface area (Å²) in [5.74, 6) is 0.0560. The van der Waals surface area contributed by atoms with Gasteiger partial charge >= 0.3 is 0 Å². The van der Waals surface area contributed by atoms with E-state index in [2.05, 4.69) is 48.7 Å². The Morgan fingerprint density at radius 3 is 2.25 bits per heavy atom. The van der Waals surface area contributed by atoms with Gasteiger partial charge in [0.25, 0.3) is 0 Å². The molecule has 1 aromatic carbocycles. The number of hydrogen-bond acceptors (Lipinski definition) is 2. The second-order valence-corrected chi connectivity index (χ2v) is 5.00. The van der Waals surface area contributed by atoms with E-state index in [9.17, 15) is 4.79 Å². The zero-order valence-electron chi connectivity index (χ0n) is 12.9. The largest absolute Gasteiger partial charge is 0.348 e. The third-order valence-corrected chi connectivity index (χ3v) is 3.34. The third kappa shape index (κ3) is 5.93. The van der Waals surface area contributed by atoms with Gasteiger partial charge in [0.05, 0.1) is 12.1 Å². The van der Waals surface area contributed by atoms with Crippen molar-refractivity contribution in [3.63, 3.8) is 0 Å². The monoisotopic (exact) mass is 298 g/mol. The number of aryl methyl sites for hydroxylation is 1. The van der Waals surface area contributed by atoms with Gasteiger partial charge in [-0.05, 0) is 44.4 Å². The number of carbonyl (C=O) groups is 1. The van der Waals surface area contributed by atoms with Gasteiger partial charge in [0, 0.05) is 0 Å². The van der Waals surface area contributed by atoms with Crippen LogP contribution in [0.1, 0.15) is 51.3 Å². The van der Waals surface area contributed by atoms with E-state index in [1.54, 1.807) is 0 Å². The van der Waals surface area contributed by atoms with Crippen molar-refractivity contribution in [3.05, 3.63) is 35.4 Å². The molecule has 0 aliphatic rings. The maximum atomic E-state index is 12.0. The second-order valence-electron chi connectivity index (χ2n) is 5.00. The van der Waals surface area contributed by atoms with Gasteiger partial charge in [-0.25, -0.2) is 0 Å². The van der Waals surface area contributed by atoms with Crippen LogP contribution in [0, 0.1) is 0 Å². The number of benzene rings is 1. The first-order valence-electron chi connectivity index (χ1n) is 7.21. The minimum absolute atomic E-state index is 0. The molecule has 2 atom stereocenters. The Bertz CT molecular complexity index is 392. The first-order chi connectivity index (χ1) is 9.08. The Kier molecular flexibility index (Phi) is 9.26. The average Bonchev–Trinajstić information content (AvgIpc) is 2.44. The molecule has 0 aliphatic heterocycles. The molecule has 4 heteroatoms. The summed E-state index contributed by atoms with van der Waals surface area (Å²) in [6.07, 6.45) is 2.07. The second kappa shape index (κ2) is 9.78. The maximum absolute atomic E-state index is 12.0. The van der Waals surface area contributed by atoms with Crippen LogP contribution >= 0.6 is 12.4 Å². The highest BCUT2D eigenvalue weighted by Crippen LogP contribution is 2.13. The fourth-order valence-corrected chi connectivity index (χ4v) is 1.92. The lowest BCUT2D eigenvalue weighted by Gasteiger charge is -2.19. The van der Waals surface area contributed by atoms with Crippen LogP contribution < -0.4 is 10.6 Å². The SMILES string of the molecule is CCCNC(C)C(=O)NC(C)c1ccc(CC)cc1.Cl. The molecule has 1 rings (SSSR count). The van der Waals surface area contributed by atoms with Gasteiger partial charge in [-0.2, -0.15) is 0 Å². The molecule has 0 spiro atoms. The first-order valence-corrected chi connectivity index (χ1v) is 7.21. The predicted molar refractivity (Wildman–Crippen MR) is 87.4 cm³/mol. The zero-order valence-corrected chi connectivity index (χ0v) is 13.7. The van der Waals surface area contributed by atoms with Gasteiger partial charge in [-0.3, -0.25) is 4.79 Å². The van der Waals surface area contributed by atoms with Crippen molar-refractivity contribution < 1.29 is 4.79 Å². The van der Waals surface area contributed by atoms with Crippen LogP contribution in [-0.4, -0.2) is 18.5 Å². The van der Waals surface area contributed by atoms with Crippen LogP contribution in [0.25, 0.3) is 0 Å². The van der Waals surface area contributed by atoms with Crippen molar-refractivity contribution in [1.82, 2.24) is 10.6 Å². The summed E-state index contributed by atoms with van der Waals surface area (Å²) in [4.78, 5) is 12.0. The Hall–Kier alpha value is -1.06. The Labute approximate surface area is 128 Å². The Morgan fingerprint density at radius 1 is 1.15 bits per heavy atom. The lowest BCUT2D eigenvalue weighted by atomic mass is 10.0. The maximum Gasteiger partial charge on any atom is 0.237 e.